The van der Waals surface area contributed by atoms with Crippen molar-refractivity contribution >= 4 is 52.9 Å². The number of methoxy groups -OCH3 is 1. The summed E-state index contributed by atoms with van der Waals surface area (Å²) in [5.74, 6) is 0.637. The highest BCUT2D eigenvalue weighted by molar-refractivity contribution is 7.70. The molecule has 12 heteroatoms. The predicted octanol–water partition coefficient (Wildman–Crippen LogP) is 5.09. The zero-order valence-corrected chi connectivity index (χ0v) is 23.7. The number of para-hydroxylation sites is 1. The van der Waals surface area contributed by atoms with Gasteiger partial charge in [0.15, 0.2) is 11.6 Å². The molecule has 10 nitrogen and oxygen atoms in total. The molecule has 2 aliphatic heterocycles. The maximum Gasteiger partial charge on any atom is 0.229 e. The lowest BCUT2D eigenvalue weighted by Gasteiger charge is -2.39. The fraction of sp³-hybridized carbons (Fsp3) is 0.370. The van der Waals surface area contributed by atoms with Gasteiger partial charge in [0.2, 0.25) is 5.95 Å². The molecule has 0 amide bonds. The van der Waals surface area contributed by atoms with Crippen LogP contribution < -0.4 is 25.6 Å². The monoisotopic (exact) mass is 568 g/mol. The van der Waals surface area contributed by atoms with Crippen LogP contribution in [0, 0.1) is 11.3 Å². The summed E-state index contributed by atoms with van der Waals surface area (Å²) in [6.45, 7) is 6.05. The number of anilines is 5. The van der Waals surface area contributed by atoms with Crippen LogP contribution in [-0.2, 0) is 14.0 Å². The largest absolute Gasteiger partial charge is 0.494 e. The zero-order valence-electron chi connectivity index (χ0n) is 22.0. The second-order valence-corrected chi connectivity index (χ2v) is 13.4. The second kappa shape index (κ2) is 11.0. The van der Waals surface area contributed by atoms with Crippen LogP contribution in [0.2, 0.25) is 5.02 Å². The van der Waals surface area contributed by atoms with E-state index in [9.17, 15) is 9.83 Å². The van der Waals surface area contributed by atoms with Crippen molar-refractivity contribution in [2.24, 2.45) is 0 Å². The normalized spacial score (nSPS) is 16.6. The van der Waals surface area contributed by atoms with Gasteiger partial charge in [-0.2, -0.15) is 10.2 Å². The highest BCUT2D eigenvalue weighted by atomic mass is 35.5. The summed E-state index contributed by atoms with van der Waals surface area (Å²) >= 11 is 6.40. The van der Waals surface area contributed by atoms with E-state index < -0.39 is 12.9 Å². The van der Waals surface area contributed by atoms with Crippen molar-refractivity contribution in [2.75, 3.05) is 62.3 Å². The number of hydrogen-bond donors (Lipinski definition) is 2. The SMILES string of the molecule is COc1cc(N2CCC3(CC2)OCCO3)c(C#N)cc1Nc1ncc(Cl)c(Nc2ccccc2P(C)(C)=O)n1. The Morgan fingerprint density at radius 2 is 1.85 bits per heavy atom. The molecule has 2 N–H and O–H groups in total. The van der Waals surface area contributed by atoms with E-state index in [2.05, 4.69) is 31.6 Å². The van der Waals surface area contributed by atoms with E-state index in [0.717, 1.165) is 18.5 Å². The van der Waals surface area contributed by atoms with Crippen LogP contribution in [0.1, 0.15) is 18.4 Å². The van der Waals surface area contributed by atoms with E-state index in [1.165, 1.54) is 6.20 Å². The molecule has 0 atom stereocenters. The lowest BCUT2D eigenvalue weighted by Crippen LogP contribution is -2.45. The van der Waals surface area contributed by atoms with Crippen molar-refractivity contribution < 1.29 is 18.8 Å². The van der Waals surface area contributed by atoms with Crippen LogP contribution in [0.5, 0.6) is 5.75 Å². The van der Waals surface area contributed by atoms with Crippen molar-refractivity contribution in [3.05, 3.63) is 53.2 Å². The number of ether oxygens (including phenoxy) is 3. The number of nitrogens with one attached hydrogen (secondary N) is 2. The Labute approximate surface area is 232 Å². The van der Waals surface area contributed by atoms with Gasteiger partial charge in [-0.15, -0.1) is 0 Å². The maximum absolute atomic E-state index is 12.8. The molecule has 0 bridgehead atoms. The lowest BCUT2D eigenvalue weighted by atomic mass is 10.0. The van der Waals surface area contributed by atoms with Crippen molar-refractivity contribution in [3.63, 3.8) is 0 Å². The van der Waals surface area contributed by atoms with Gasteiger partial charge in [-0.25, -0.2) is 4.98 Å². The summed E-state index contributed by atoms with van der Waals surface area (Å²) in [7, 11) is -0.977. The summed E-state index contributed by atoms with van der Waals surface area (Å²) in [5, 5.41) is 17.3. The standard InChI is InChI=1S/C27H30ClN6O4P/c1-36-23-15-22(34-10-8-27(9-11-34)37-12-13-38-27)18(16-29)14-21(23)32-26-30-17-19(28)25(33-26)31-20-6-4-5-7-24(20)39(2,3)35/h4-7,14-15,17H,8-13H2,1-3H3,(H2,30,31,32,33). The summed E-state index contributed by atoms with van der Waals surface area (Å²) in [6, 6.07) is 13.2. The van der Waals surface area contributed by atoms with Crippen molar-refractivity contribution in [2.45, 2.75) is 18.6 Å². The quantitative estimate of drug-likeness (QED) is 0.373. The number of halogens is 1. The molecule has 1 spiro atoms. The van der Waals surface area contributed by atoms with Gasteiger partial charge in [0.1, 0.15) is 24.0 Å². The molecule has 204 valence electrons. The third-order valence-corrected chi connectivity index (χ3v) is 8.67. The molecule has 5 rings (SSSR count). The minimum absolute atomic E-state index is 0.251. The first-order valence-electron chi connectivity index (χ1n) is 12.6. The molecule has 1 aromatic heterocycles. The zero-order chi connectivity index (χ0) is 27.6. The van der Waals surface area contributed by atoms with E-state index in [4.69, 9.17) is 25.8 Å². The van der Waals surface area contributed by atoms with Crippen LogP contribution in [0.15, 0.2) is 42.6 Å². The first kappa shape index (κ1) is 27.2. The number of piperidine rings is 1. The average molecular weight is 569 g/mol. The predicted molar refractivity (Wildman–Crippen MR) is 153 cm³/mol. The molecule has 0 radical (unpaired) electrons. The number of benzene rings is 2. The molecule has 39 heavy (non-hydrogen) atoms. The van der Waals surface area contributed by atoms with Gasteiger partial charge >= 0.3 is 0 Å². The third-order valence-electron chi connectivity index (χ3n) is 6.85. The van der Waals surface area contributed by atoms with Crippen LogP contribution in [0.25, 0.3) is 0 Å². The van der Waals surface area contributed by atoms with Crippen LogP contribution in [-0.4, -0.2) is 62.5 Å². The van der Waals surface area contributed by atoms with Crippen molar-refractivity contribution in [3.8, 4) is 11.8 Å². The summed E-state index contributed by atoms with van der Waals surface area (Å²) < 4.78 is 30.1. The minimum Gasteiger partial charge on any atom is -0.494 e. The summed E-state index contributed by atoms with van der Waals surface area (Å²) in [5.41, 5.74) is 2.47. The number of nitrogens with zero attached hydrogens (tertiary/aromatic N) is 4. The summed E-state index contributed by atoms with van der Waals surface area (Å²) in [6.07, 6.45) is 2.93. The molecule has 3 aromatic rings. The molecule has 2 aliphatic rings. The second-order valence-electron chi connectivity index (χ2n) is 9.78. The topological polar surface area (TPSA) is 122 Å². The average Bonchev–Trinajstić information content (AvgIpc) is 3.38. The molecule has 0 saturated carbocycles. The third kappa shape index (κ3) is 5.82. The Morgan fingerprint density at radius 1 is 1.13 bits per heavy atom. The molecule has 3 heterocycles. The number of nitriles is 1. The van der Waals surface area contributed by atoms with Gasteiger partial charge in [0.05, 0.1) is 49.1 Å². The molecule has 2 saturated heterocycles. The van der Waals surface area contributed by atoms with Gasteiger partial charge in [0, 0.05) is 37.3 Å². The van der Waals surface area contributed by atoms with Crippen LogP contribution in [0.4, 0.5) is 28.8 Å². The number of hydrogen-bond acceptors (Lipinski definition) is 10. The van der Waals surface area contributed by atoms with E-state index in [1.807, 2.05) is 30.3 Å². The lowest BCUT2D eigenvalue weighted by molar-refractivity contribution is -0.169. The van der Waals surface area contributed by atoms with E-state index in [1.54, 1.807) is 26.5 Å². The van der Waals surface area contributed by atoms with Gasteiger partial charge < -0.3 is 34.3 Å². The minimum atomic E-state index is -2.55. The van der Waals surface area contributed by atoms with Gasteiger partial charge in [-0.05, 0) is 31.5 Å². The Hall–Kier alpha value is -3.35. The first-order valence-corrected chi connectivity index (χ1v) is 15.6. The molecule has 2 fully saturated rings. The van der Waals surface area contributed by atoms with E-state index in [0.29, 0.717) is 65.1 Å². The van der Waals surface area contributed by atoms with Gasteiger partial charge in [0.25, 0.3) is 0 Å². The Balaban J connectivity index is 1.40. The molecule has 0 aliphatic carbocycles. The van der Waals surface area contributed by atoms with Gasteiger partial charge in [-0.3, -0.25) is 0 Å². The molecular weight excluding hydrogens is 539 g/mol. The first-order chi connectivity index (χ1) is 18.7. The highest BCUT2D eigenvalue weighted by Crippen LogP contribution is 2.40. The number of aromatic nitrogens is 2. The highest BCUT2D eigenvalue weighted by Gasteiger charge is 2.40. The fourth-order valence-corrected chi connectivity index (χ4v) is 6.17. The summed E-state index contributed by atoms with van der Waals surface area (Å²) in [4.78, 5) is 11.0. The number of rotatable bonds is 7. The Kier molecular flexibility index (Phi) is 7.70. The van der Waals surface area contributed by atoms with Crippen LogP contribution >= 0.6 is 18.7 Å². The Bertz CT molecular complexity index is 1460. The Morgan fingerprint density at radius 3 is 2.51 bits per heavy atom. The fourth-order valence-electron chi connectivity index (χ4n) is 4.87. The van der Waals surface area contributed by atoms with Crippen molar-refractivity contribution in [1.29, 1.82) is 5.26 Å². The maximum atomic E-state index is 12.8. The van der Waals surface area contributed by atoms with Crippen molar-refractivity contribution in [1.82, 2.24) is 9.97 Å². The van der Waals surface area contributed by atoms with E-state index >= 15 is 0 Å². The van der Waals surface area contributed by atoms with Crippen LogP contribution in [0.3, 0.4) is 0 Å². The molecular formula is C27H30ClN6O4P. The molecule has 2 aromatic carbocycles. The molecule has 0 unspecified atom stereocenters. The smallest absolute Gasteiger partial charge is 0.229 e. The van der Waals surface area contributed by atoms with E-state index in [-0.39, 0.29) is 5.95 Å². The van der Waals surface area contributed by atoms with Gasteiger partial charge in [-0.1, -0.05) is 23.7 Å².